The summed E-state index contributed by atoms with van der Waals surface area (Å²) in [5.41, 5.74) is 2.74. The maximum Gasteiger partial charge on any atom is 0.326 e. The van der Waals surface area contributed by atoms with Gasteiger partial charge in [0.25, 0.3) is 0 Å². The van der Waals surface area contributed by atoms with E-state index in [1.54, 1.807) is 24.3 Å². The van der Waals surface area contributed by atoms with E-state index in [9.17, 15) is 23.1 Å². The van der Waals surface area contributed by atoms with E-state index in [1.807, 2.05) is 38.1 Å². The van der Waals surface area contributed by atoms with Gasteiger partial charge in [0.1, 0.15) is 12.1 Å². The fourth-order valence-electron chi connectivity index (χ4n) is 3.94. The van der Waals surface area contributed by atoms with Gasteiger partial charge in [-0.05, 0) is 48.1 Å². The van der Waals surface area contributed by atoms with Crippen molar-refractivity contribution >= 4 is 21.9 Å². The lowest BCUT2D eigenvalue weighted by molar-refractivity contribution is -0.142. The second-order valence-corrected chi connectivity index (χ2v) is 9.97. The highest BCUT2D eigenvalue weighted by Gasteiger charge is 2.40. The summed E-state index contributed by atoms with van der Waals surface area (Å²) in [6.45, 7) is 3.98. The number of hydrogen-bond acceptors (Lipinski definition) is 4. The molecule has 0 radical (unpaired) electrons. The summed E-state index contributed by atoms with van der Waals surface area (Å²) in [5, 5.41) is 12.1. The van der Waals surface area contributed by atoms with Crippen molar-refractivity contribution in [2.24, 2.45) is 0 Å². The summed E-state index contributed by atoms with van der Waals surface area (Å²) in [7, 11) is -3.97. The van der Waals surface area contributed by atoms with Crippen LogP contribution in [0.4, 0.5) is 0 Å². The third-order valence-electron chi connectivity index (χ3n) is 5.91. The predicted molar refractivity (Wildman–Crippen MR) is 122 cm³/mol. The second kappa shape index (κ2) is 10.3. The summed E-state index contributed by atoms with van der Waals surface area (Å²) in [4.78, 5) is 24.9. The average molecular weight is 459 g/mol. The first-order valence-electron chi connectivity index (χ1n) is 11.0. The van der Waals surface area contributed by atoms with Crippen LogP contribution in [0.2, 0.25) is 0 Å². The van der Waals surface area contributed by atoms with Gasteiger partial charge in [-0.25, -0.2) is 13.2 Å². The summed E-state index contributed by atoms with van der Waals surface area (Å²) in [6, 6.07) is 12.0. The summed E-state index contributed by atoms with van der Waals surface area (Å²) in [5.74, 6) is -1.70. The number of carboxylic acids is 1. The molecule has 1 heterocycles. The number of sulfonamides is 1. The Balaban J connectivity index is 1.95. The molecule has 2 atom stereocenters. The van der Waals surface area contributed by atoms with Crippen LogP contribution in [0.5, 0.6) is 0 Å². The number of carbonyl (C=O) groups is 2. The Labute approximate surface area is 189 Å². The fourth-order valence-corrected chi connectivity index (χ4v) is 5.51. The number of carboxylic acid groups (broad SMARTS) is 1. The minimum absolute atomic E-state index is 0.0544. The summed E-state index contributed by atoms with van der Waals surface area (Å²) < 4.78 is 28.3. The number of rotatable bonds is 9. The van der Waals surface area contributed by atoms with Crippen molar-refractivity contribution in [2.75, 3.05) is 0 Å². The molecule has 32 heavy (non-hydrogen) atoms. The molecule has 1 aliphatic rings. The van der Waals surface area contributed by atoms with E-state index >= 15 is 0 Å². The topological polar surface area (TPSA) is 104 Å². The molecule has 0 saturated heterocycles. The lowest BCUT2D eigenvalue weighted by Gasteiger charge is -2.35. The molecule has 1 aliphatic heterocycles. The fraction of sp³-hybridized carbons (Fsp3) is 0.417. The van der Waals surface area contributed by atoms with Gasteiger partial charge in [0.05, 0.1) is 4.90 Å². The Morgan fingerprint density at radius 3 is 2.34 bits per heavy atom. The maximum absolute atomic E-state index is 13.5. The molecule has 2 aromatic rings. The van der Waals surface area contributed by atoms with Crippen LogP contribution in [0.1, 0.15) is 49.8 Å². The number of fused-ring (bicyclic) bond motifs is 1. The number of nitrogens with zero attached hydrogens (tertiary/aromatic N) is 1. The highest BCUT2D eigenvalue weighted by molar-refractivity contribution is 7.89. The first-order chi connectivity index (χ1) is 15.3. The first-order valence-corrected chi connectivity index (χ1v) is 12.4. The molecule has 0 spiro atoms. The van der Waals surface area contributed by atoms with Crippen molar-refractivity contribution in [1.29, 1.82) is 0 Å². The Morgan fingerprint density at radius 2 is 1.75 bits per heavy atom. The molecule has 172 valence electrons. The van der Waals surface area contributed by atoms with E-state index < -0.39 is 34.0 Å². The SMILES string of the molecule is CCCCC(NC(=O)[C@@H]1Cc2ccccc2CN1S(=O)(=O)c1ccc(CC)cc1)C(=O)O. The molecule has 3 rings (SSSR count). The van der Waals surface area contributed by atoms with E-state index in [4.69, 9.17) is 0 Å². The number of nitrogens with one attached hydrogen (secondary N) is 1. The molecular weight excluding hydrogens is 428 g/mol. The quantitative estimate of drug-likeness (QED) is 0.601. The van der Waals surface area contributed by atoms with Crippen LogP contribution in [0.15, 0.2) is 53.4 Å². The van der Waals surface area contributed by atoms with Crippen molar-refractivity contribution in [3.8, 4) is 0 Å². The number of aryl methyl sites for hydroxylation is 1. The number of hydrogen-bond donors (Lipinski definition) is 2. The van der Waals surface area contributed by atoms with E-state index in [0.717, 1.165) is 29.5 Å². The number of amides is 1. The monoisotopic (exact) mass is 458 g/mol. The van der Waals surface area contributed by atoms with Gasteiger partial charge in [0, 0.05) is 6.54 Å². The molecule has 0 saturated carbocycles. The van der Waals surface area contributed by atoms with E-state index in [2.05, 4.69) is 5.32 Å². The summed E-state index contributed by atoms with van der Waals surface area (Å²) >= 11 is 0. The Bertz CT molecular complexity index is 1070. The minimum Gasteiger partial charge on any atom is -0.480 e. The molecule has 2 aromatic carbocycles. The van der Waals surface area contributed by atoms with Crippen LogP contribution >= 0.6 is 0 Å². The van der Waals surface area contributed by atoms with Gasteiger partial charge >= 0.3 is 5.97 Å². The number of carbonyl (C=O) groups excluding carboxylic acids is 1. The average Bonchev–Trinajstić information content (AvgIpc) is 2.80. The van der Waals surface area contributed by atoms with Crippen molar-refractivity contribution in [3.63, 3.8) is 0 Å². The minimum atomic E-state index is -3.97. The largest absolute Gasteiger partial charge is 0.480 e. The zero-order valence-corrected chi connectivity index (χ0v) is 19.3. The van der Waals surface area contributed by atoms with E-state index in [0.29, 0.717) is 12.8 Å². The Hall–Kier alpha value is -2.71. The van der Waals surface area contributed by atoms with Gasteiger partial charge < -0.3 is 10.4 Å². The standard InChI is InChI=1S/C24H30N2O5S/c1-3-5-10-21(24(28)29)25-23(27)22-15-18-8-6-7-9-19(18)16-26(22)32(30,31)20-13-11-17(4-2)12-14-20/h6-9,11-14,21-22H,3-5,10,15-16H2,1-2H3,(H,25,27)(H,28,29)/t21?,22-/m0/s1. The predicted octanol–water partition coefficient (Wildman–Crippen LogP) is 3.12. The third kappa shape index (κ3) is 5.19. The van der Waals surface area contributed by atoms with Crippen molar-refractivity contribution < 1.29 is 23.1 Å². The van der Waals surface area contributed by atoms with Crippen LogP contribution in [-0.2, 0) is 39.0 Å². The van der Waals surface area contributed by atoms with Crippen molar-refractivity contribution in [1.82, 2.24) is 9.62 Å². The van der Waals surface area contributed by atoms with E-state index in [1.165, 1.54) is 4.31 Å². The Kier molecular flexibility index (Phi) is 7.69. The lowest BCUT2D eigenvalue weighted by Crippen LogP contribution is -2.55. The number of benzene rings is 2. The molecule has 0 bridgehead atoms. The van der Waals surface area contributed by atoms with Crippen LogP contribution in [0, 0.1) is 0 Å². The van der Waals surface area contributed by atoms with Gasteiger partial charge in [0.15, 0.2) is 0 Å². The maximum atomic E-state index is 13.5. The summed E-state index contributed by atoms with van der Waals surface area (Å²) in [6.07, 6.45) is 2.72. The molecule has 0 aromatic heterocycles. The number of unbranched alkanes of at least 4 members (excludes halogenated alkanes) is 1. The van der Waals surface area contributed by atoms with Gasteiger partial charge in [-0.2, -0.15) is 4.31 Å². The van der Waals surface area contributed by atoms with Crippen LogP contribution in [0.25, 0.3) is 0 Å². The van der Waals surface area contributed by atoms with Crippen LogP contribution in [-0.4, -0.2) is 41.8 Å². The van der Waals surface area contributed by atoms with Gasteiger partial charge in [-0.1, -0.05) is 63.1 Å². The van der Waals surface area contributed by atoms with Gasteiger partial charge in [-0.15, -0.1) is 0 Å². The normalized spacial score (nSPS) is 17.4. The lowest BCUT2D eigenvalue weighted by atomic mass is 9.95. The molecule has 2 N–H and O–H groups in total. The smallest absolute Gasteiger partial charge is 0.326 e. The Morgan fingerprint density at radius 1 is 1.09 bits per heavy atom. The molecular formula is C24H30N2O5S. The second-order valence-electron chi connectivity index (χ2n) is 8.08. The molecule has 0 aliphatic carbocycles. The van der Waals surface area contributed by atoms with Gasteiger partial charge in [0.2, 0.25) is 15.9 Å². The van der Waals surface area contributed by atoms with E-state index in [-0.39, 0.29) is 17.9 Å². The molecule has 7 nitrogen and oxygen atoms in total. The highest BCUT2D eigenvalue weighted by Crippen LogP contribution is 2.29. The van der Waals surface area contributed by atoms with Crippen LogP contribution < -0.4 is 5.32 Å². The first kappa shape index (κ1) is 23.9. The molecule has 1 unspecified atom stereocenters. The zero-order valence-electron chi connectivity index (χ0n) is 18.5. The molecule has 0 fully saturated rings. The third-order valence-corrected chi connectivity index (χ3v) is 7.78. The van der Waals surface area contributed by atoms with Crippen LogP contribution in [0.3, 0.4) is 0 Å². The number of aliphatic carboxylic acids is 1. The zero-order chi connectivity index (χ0) is 23.3. The van der Waals surface area contributed by atoms with Crippen molar-refractivity contribution in [3.05, 3.63) is 65.2 Å². The van der Waals surface area contributed by atoms with Crippen molar-refractivity contribution in [2.45, 2.75) is 69.5 Å². The molecule has 8 heteroatoms. The van der Waals surface area contributed by atoms with Gasteiger partial charge in [-0.3, -0.25) is 4.79 Å². The highest BCUT2D eigenvalue weighted by atomic mass is 32.2. The molecule has 1 amide bonds.